The van der Waals surface area contributed by atoms with Gasteiger partial charge in [0.05, 0.1) is 11.0 Å². The lowest BCUT2D eigenvalue weighted by molar-refractivity contribution is 0.459. The maximum absolute atomic E-state index is 4.51. The van der Waals surface area contributed by atoms with E-state index in [0.717, 1.165) is 23.4 Å². The van der Waals surface area contributed by atoms with Crippen LogP contribution in [0.25, 0.3) is 33.3 Å². The summed E-state index contributed by atoms with van der Waals surface area (Å²) in [6, 6.07) is 24.9. The van der Waals surface area contributed by atoms with E-state index in [9.17, 15) is 0 Å². The van der Waals surface area contributed by atoms with Crippen LogP contribution in [0.5, 0.6) is 0 Å². The second-order valence-corrected chi connectivity index (χ2v) is 8.86. The van der Waals surface area contributed by atoms with Gasteiger partial charge < -0.3 is 10.3 Å². The lowest BCUT2D eigenvalue weighted by Gasteiger charge is -2.18. The van der Waals surface area contributed by atoms with Crippen molar-refractivity contribution < 1.29 is 0 Å². The molecule has 158 valence electrons. The second kappa shape index (κ2) is 9.07. The quantitative estimate of drug-likeness (QED) is 0.348. The predicted molar refractivity (Wildman–Crippen MR) is 130 cm³/mol. The van der Waals surface area contributed by atoms with Crippen LogP contribution in [0, 0.1) is 6.92 Å². The lowest BCUT2D eigenvalue weighted by Crippen LogP contribution is -2.28. The average Bonchev–Trinajstić information content (AvgIpc) is 2.99. The first-order valence-electron chi connectivity index (χ1n) is 11.6. The molecular formula is C28H31N3. The highest BCUT2D eigenvalue weighted by atomic mass is 14.9. The molecule has 0 saturated heterocycles. The minimum Gasteiger partial charge on any atom is -0.342 e. The van der Waals surface area contributed by atoms with Crippen molar-refractivity contribution in [3.63, 3.8) is 0 Å². The molecule has 1 heterocycles. The molecule has 0 spiro atoms. The summed E-state index contributed by atoms with van der Waals surface area (Å²) in [5, 5.41) is 3.83. The smallest absolute Gasteiger partial charge is 0.104 e. The van der Waals surface area contributed by atoms with Crippen molar-refractivity contribution >= 4 is 11.0 Å². The van der Waals surface area contributed by atoms with E-state index in [-0.39, 0.29) is 0 Å². The summed E-state index contributed by atoms with van der Waals surface area (Å²) in [4.78, 5) is 7.85. The highest BCUT2D eigenvalue weighted by molar-refractivity contribution is 5.82. The van der Waals surface area contributed by atoms with E-state index in [0.29, 0.717) is 6.04 Å². The maximum Gasteiger partial charge on any atom is 0.104 e. The van der Waals surface area contributed by atoms with Gasteiger partial charge in [-0.15, -0.1) is 0 Å². The Bertz CT molecular complexity index is 1150. The Hall–Kier alpha value is -2.91. The van der Waals surface area contributed by atoms with E-state index >= 15 is 0 Å². The van der Waals surface area contributed by atoms with Gasteiger partial charge in [0, 0.05) is 12.6 Å². The van der Waals surface area contributed by atoms with Crippen molar-refractivity contribution in [2.24, 2.45) is 0 Å². The van der Waals surface area contributed by atoms with Crippen LogP contribution in [0.3, 0.4) is 0 Å². The molecule has 1 aliphatic rings. The van der Waals surface area contributed by atoms with Crippen LogP contribution in [0.4, 0.5) is 0 Å². The number of imidazole rings is 1. The minimum atomic E-state index is 0.666. The molecule has 0 amide bonds. The Morgan fingerprint density at radius 1 is 0.839 bits per heavy atom. The summed E-state index contributed by atoms with van der Waals surface area (Å²) >= 11 is 0. The van der Waals surface area contributed by atoms with Gasteiger partial charge in [-0.2, -0.15) is 0 Å². The fraction of sp³-hybridized carbons (Fsp3) is 0.321. The zero-order valence-electron chi connectivity index (χ0n) is 18.3. The number of fused-ring (bicyclic) bond motifs is 1. The first-order valence-corrected chi connectivity index (χ1v) is 11.6. The van der Waals surface area contributed by atoms with Gasteiger partial charge in [0.25, 0.3) is 0 Å². The Labute approximate surface area is 184 Å². The summed E-state index contributed by atoms with van der Waals surface area (Å²) in [6.45, 7) is 2.94. The molecule has 2 N–H and O–H groups in total. The van der Waals surface area contributed by atoms with Crippen LogP contribution < -0.4 is 5.32 Å². The molecule has 0 aliphatic heterocycles. The summed E-state index contributed by atoms with van der Waals surface area (Å²) in [5.41, 5.74) is 8.55. The Morgan fingerprint density at radius 3 is 2.35 bits per heavy atom. The highest BCUT2D eigenvalue weighted by Gasteiger charge is 2.13. The van der Waals surface area contributed by atoms with Gasteiger partial charge in [-0.05, 0) is 59.7 Å². The number of hydrogen-bond acceptors (Lipinski definition) is 2. The molecule has 5 rings (SSSR count). The lowest BCUT2D eigenvalue weighted by atomic mass is 9.96. The maximum atomic E-state index is 4.51. The van der Waals surface area contributed by atoms with Gasteiger partial charge in [-0.1, -0.05) is 80.3 Å². The number of benzene rings is 3. The van der Waals surface area contributed by atoms with E-state index in [4.69, 9.17) is 0 Å². The largest absolute Gasteiger partial charge is 0.342 e. The number of aryl methyl sites for hydroxylation is 1. The molecule has 31 heavy (non-hydrogen) atoms. The summed E-state index contributed by atoms with van der Waals surface area (Å²) in [5.74, 6) is 0.955. The third kappa shape index (κ3) is 4.57. The number of rotatable bonds is 5. The molecule has 0 bridgehead atoms. The molecule has 3 nitrogen and oxygen atoms in total. The molecule has 0 unspecified atom stereocenters. The molecule has 3 heteroatoms. The number of nitrogens with zero attached hydrogens (tertiary/aromatic N) is 1. The van der Waals surface area contributed by atoms with E-state index < -0.39 is 0 Å². The highest BCUT2D eigenvalue weighted by Crippen LogP contribution is 2.29. The van der Waals surface area contributed by atoms with Crippen molar-refractivity contribution in [2.75, 3.05) is 0 Å². The van der Waals surface area contributed by atoms with E-state index in [2.05, 4.69) is 82.0 Å². The van der Waals surface area contributed by atoms with Crippen LogP contribution in [0.15, 0.2) is 66.7 Å². The molecule has 4 aromatic rings. The molecular weight excluding hydrogens is 378 g/mol. The fourth-order valence-corrected chi connectivity index (χ4v) is 4.85. The van der Waals surface area contributed by atoms with Crippen molar-refractivity contribution in [2.45, 2.75) is 58.0 Å². The standard InChI is InChI=1S/C28H31N3/c1-20-30-27-17-16-23(18-28(27)31-20)21-12-14-22(15-13-21)26-11-7-6-8-24(26)19-29-25-9-4-2-3-5-10-25/h6-8,11-18,25,29H,2-5,9-10,19H2,1H3,(H,30,31). The van der Waals surface area contributed by atoms with Crippen LogP contribution in [0.1, 0.15) is 49.9 Å². The summed E-state index contributed by atoms with van der Waals surface area (Å²) < 4.78 is 0. The van der Waals surface area contributed by atoms with Gasteiger partial charge in [-0.3, -0.25) is 0 Å². The zero-order valence-corrected chi connectivity index (χ0v) is 18.3. The van der Waals surface area contributed by atoms with Crippen molar-refractivity contribution in [1.82, 2.24) is 15.3 Å². The van der Waals surface area contributed by atoms with E-state index in [1.807, 2.05) is 6.92 Å². The monoisotopic (exact) mass is 409 g/mol. The van der Waals surface area contributed by atoms with Gasteiger partial charge >= 0.3 is 0 Å². The first-order chi connectivity index (χ1) is 15.3. The number of aromatic amines is 1. The van der Waals surface area contributed by atoms with Crippen LogP contribution in [-0.4, -0.2) is 16.0 Å². The van der Waals surface area contributed by atoms with Crippen molar-refractivity contribution in [3.8, 4) is 22.3 Å². The molecule has 0 atom stereocenters. The summed E-state index contributed by atoms with van der Waals surface area (Å²) in [7, 11) is 0. The topological polar surface area (TPSA) is 40.7 Å². The third-order valence-electron chi connectivity index (χ3n) is 6.58. The molecule has 1 aliphatic carbocycles. The van der Waals surface area contributed by atoms with Gasteiger partial charge in [-0.25, -0.2) is 4.98 Å². The molecule has 0 radical (unpaired) electrons. The van der Waals surface area contributed by atoms with Crippen LogP contribution in [-0.2, 0) is 6.54 Å². The van der Waals surface area contributed by atoms with Gasteiger partial charge in [0.2, 0.25) is 0 Å². The molecule has 1 saturated carbocycles. The second-order valence-electron chi connectivity index (χ2n) is 8.86. The number of nitrogens with one attached hydrogen (secondary N) is 2. The number of hydrogen-bond donors (Lipinski definition) is 2. The van der Waals surface area contributed by atoms with Gasteiger partial charge in [0.1, 0.15) is 5.82 Å². The molecule has 1 fully saturated rings. The Kier molecular flexibility index (Phi) is 5.86. The summed E-state index contributed by atoms with van der Waals surface area (Å²) in [6.07, 6.45) is 8.16. The Morgan fingerprint density at radius 2 is 1.55 bits per heavy atom. The molecule has 1 aromatic heterocycles. The minimum absolute atomic E-state index is 0.666. The third-order valence-corrected chi connectivity index (χ3v) is 6.58. The normalized spacial score (nSPS) is 15.3. The van der Waals surface area contributed by atoms with Crippen LogP contribution in [0.2, 0.25) is 0 Å². The zero-order chi connectivity index (χ0) is 21.0. The molecule has 3 aromatic carbocycles. The number of H-pyrrole nitrogens is 1. The number of aromatic nitrogens is 2. The van der Waals surface area contributed by atoms with Crippen molar-refractivity contribution in [3.05, 3.63) is 78.1 Å². The fourth-order valence-electron chi connectivity index (χ4n) is 4.85. The SMILES string of the molecule is Cc1nc2ccc(-c3ccc(-c4ccccc4CNC4CCCCCC4)cc3)cc2[nH]1. The average molecular weight is 410 g/mol. The van der Waals surface area contributed by atoms with E-state index in [1.54, 1.807) is 0 Å². The van der Waals surface area contributed by atoms with E-state index in [1.165, 1.54) is 66.3 Å². The van der Waals surface area contributed by atoms with Gasteiger partial charge in [0.15, 0.2) is 0 Å². The van der Waals surface area contributed by atoms with Crippen molar-refractivity contribution in [1.29, 1.82) is 0 Å². The van der Waals surface area contributed by atoms with Crippen LogP contribution >= 0.6 is 0 Å². The predicted octanol–water partition coefficient (Wildman–Crippen LogP) is 7.02. The Balaban J connectivity index is 1.35. The first kappa shape index (κ1) is 20.0.